The molecule has 1 aliphatic rings. The molecule has 2 amide bonds. The Kier molecular flexibility index (Phi) is 7.24. The molecule has 8 heteroatoms. The average Bonchev–Trinajstić information content (AvgIpc) is 3.09. The molecule has 174 valence electrons. The van der Waals surface area contributed by atoms with E-state index in [1.807, 2.05) is 48.8 Å². The Bertz CT molecular complexity index is 1090. The van der Waals surface area contributed by atoms with Gasteiger partial charge in [-0.15, -0.1) is 0 Å². The van der Waals surface area contributed by atoms with E-state index in [2.05, 4.69) is 37.4 Å². The van der Waals surface area contributed by atoms with E-state index < -0.39 is 6.04 Å². The van der Waals surface area contributed by atoms with Crippen molar-refractivity contribution in [3.63, 3.8) is 0 Å². The van der Waals surface area contributed by atoms with Crippen LogP contribution in [0.2, 0.25) is 0 Å². The third-order valence-corrected chi connectivity index (χ3v) is 6.11. The van der Waals surface area contributed by atoms with Crippen LogP contribution in [-0.4, -0.2) is 66.0 Å². The summed E-state index contributed by atoms with van der Waals surface area (Å²) in [4.78, 5) is 37.2. The average molecular weight is 449 g/mol. The number of carbonyl (C=O) groups excluding carboxylic acids is 2. The van der Waals surface area contributed by atoms with Crippen molar-refractivity contribution < 1.29 is 9.59 Å². The second-order valence-corrected chi connectivity index (χ2v) is 8.70. The summed E-state index contributed by atoms with van der Waals surface area (Å²) < 4.78 is 0. The predicted octanol–water partition coefficient (Wildman–Crippen LogP) is 2.07. The molecule has 0 aliphatic carbocycles. The zero-order chi connectivity index (χ0) is 23.2. The number of fused-ring (bicyclic) bond motifs is 1. The molecule has 3 heterocycles. The van der Waals surface area contributed by atoms with Crippen LogP contribution in [0.4, 0.5) is 5.82 Å². The molecule has 1 atom stereocenters. The van der Waals surface area contributed by atoms with Crippen LogP contribution in [0.25, 0.3) is 10.9 Å². The summed E-state index contributed by atoms with van der Waals surface area (Å²) in [6, 6.07) is 11.3. The number of aromatic nitrogens is 2. The molecule has 0 saturated carbocycles. The molecule has 1 fully saturated rings. The summed E-state index contributed by atoms with van der Waals surface area (Å²) in [6.07, 6.45) is 5.25. The minimum absolute atomic E-state index is 0.213. The van der Waals surface area contributed by atoms with Gasteiger partial charge in [-0.1, -0.05) is 24.3 Å². The van der Waals surface area contributed by atoms with Gasteiger partial charge in [-0.3, -0.25) is 9.59 Å². The second-order valence-electron chi connectivity index (χ2n) is 8.70. The normalized spacial score (nSPS) is 15.8. The Morgan fingerprint density at radius 1 is 1.12 bits per heavy atom. The largest absolute Gasteiger partial charge is 0.361 e. The fraction of sp³-hybridized carbons (Fsp3) is 0.400. The lowest BCUT2D eigenvalue weighted by Crippen LogP contribution is -2.47. The number of aromatic amines is 1. The van der Waals surface area contributed by atoms with Gasteiger partial charge in [0.25, 0.3) is 0 Å². The summed E-state index contributed by atoms with van der Waals surface area (Å²) in [5.41, 5.74) is 2.93. The maximum atomic E-state index is 12.9. The van der Waals surface area contributed by atoms with Crippen molar-refractivity contribution in [3.05, 3.63) is 59.9 Å². The number of nitrogens with zero attached hydrogens (tertiary/aromatic N) is 3. The highest BCUT2D eigenvalue weighted by atomic mass is 16.2. The highest BCUT2D eigenvalue weighted by molar-refractivity contribution is 5.89. The number of carbonyl (C=O) groups is 2. The number of nitrogens with one attached hydrogen (secondary N) is 3. The smallest absolute Gasteiger partial charge is 0.243 e. The third kappa shape index (κ3) is 5.90. The van der Waals surface area contributed by atoms with Crippen LogP contribution in [-0.2, 0) is 22.6 Å². The predicted molar refractivity (Wildman–Crippen MR) is 130 cm³/mol. The summed E-state index contributed by atoms with van der Waals surface area (Å²) in [5.74, 6) is 0.523. The molecule has 0 spiro atoms. The molecule has 0 bridgehead atoms. The number of benzene rings is 1. The molecule has 8 nitrogen and oxygen atoms in total. The molecule has 2 aromatic heterocycles. The van der Waals surface area contributed by atoms with Crippen LogP contribution < -0.4 is 15.5 Å². The number of rotatable bonds is 7. The van der Waals surface area contributed by atoms with E-state index in [1.54, 1.807) is 0 Å². The summed E-state index contributed by atoms with van der Waals surface area (Å²) >= 11 is 0. The van der Waals surface area contributed by atoms with Crippen LogP contribution in [0, 0.1) is 0 Å². The van der Waals surface area contributed by atoms with Gasteiger partial charge < -0.3 is 25.4 Å². The number of pyridine rings is 1. The number of para-hydroxylation sites is 1. The zero-order valence-corrected chi connectivity index (χ0v) is 19.3. The molecule has 1 aliphatic heterocycles. The van der Waals surface area contributed by atoms with Crippen LogP contribution in [0.15, 0.2) is 48.8 Å². The van der Waals surface area contributed by atoms with Crippen molar-refractivity contribution >= 4 is 28.5 Å². The van der Waals surface area contributed by atoms with Crippen molar-refractivity contribution in [3.8, 4) is 0 Å². The van der Waals surface area contributed by atoms with Crippen LogP contribution in [0.3, 0.4) is 0 Å². The molecule has 3 aromatic rings. The summed E-state index contributed by atoms with van der Waals surface area (Å²) in [6.45, 7) is 5.89. The van der Waals surface area contributed by atoms with Crippen LogP contribution in [0.1, 0.15) is 24.5 Å². The van der Waals surface area contributed by atoms with Gasteiger partial charge in [0.1, 0.15) is 11.9 Å². The Morgan fingerprint density at radius 2 is 1.97 bits per heavy atom. The standard InChI is InChI=1S/C25H32N6O2/c1-18(32)29-23(14-20-17-26-22-7-4-3-6-21(20)22)25(33)28-16-19-8-9-24(27-15-19)31-11-5-10-30(2)12-13-31/h3-4,6-9,15,17,23,26H,5,10-14,16H2,1-2H3,(H,28,33)(H,29,32)/t23-/m0/s1. The lowest BCUT2D eigenvalue weighted by Gasteiger charge is -2.22. The molecule has 3 N–H and O–H groups in total. The van der Waals surface area contributed by atoms with E-state index in [9.17, 15) is 9.59 Å². The molecule has 0 unspecified atom stereocenters. The minimum atomic E-state index is -0.650. The Hall–Kier alpha value is -3.39. The van der Waals surface area contributed by atoms with Gasteiger partial charge in [0.2, 0.25) is 11.8 Å². The molecule has 1 saturated heterocycles. The summed E-state index contributed by atoms with van der Waals surface area (Å²) in [5, 5.41) is 6.80. The van der Waals surface area contributed by atoms with E-state index in [-0.39, 0.29) is 11.8 Å². The van der Waals surface area contributed by atoms with E-state index in [4.69, 9.17) is 0 Å². The SMILES string of the molecule is CC(=O)N[C@@H](Cc1c[nH]c2ccccc12)C(=O)NCc1ccc(N2CCCN(C)CC2)nc1. The van der Waals surface area contributed by atoms with Crippen molar-refractivity contribution in [1.82, 2.24) is 25.5 Å². The first-order valence-corrected chi connectivity index (χ1v) is 11.5. The maximum absolute atomic E-state index is 12.9. The maximum Gasteiger partial charge on any atom is 0.243 e. The van der Waals surface area contributed by atoms with Crippen LogP contribution in [0.5, 0.6) is 0 Å². The van der Waals surface area contributed by atoms with Gasteiger partial charge in [-0.05, 0) is 43.3 Å². The molecular formula is C25H32N6O2. The number of anilines is 1. The minimum Gasteiger partial charge on any atom is -0.361 e. The first-order chi connectivity index (χ1) is 16.0. The Balaban J connectivity index is 1.37. The van der Waals surface area contributed by atoms with E-state index in [1.165, 1.54) is 6.92 Å². The highest BCUT2D eigenvalue weighted by Crippen LogP contribution is 2.19. The number of hydrogen-bond donors (Lipinski definition) is 3. The summed E-state index contributed by atoms with van der Waals surface area (Å²) in [7, 11) is 2.15. The van der Waals surface area contributed by atoms with Crippen molar-refractivity contribution in [2.45, 2.75) is 32.4 Å². The quantitative estimate of drug-likeness (QED) is 0.515. The topological polar surface area (TPSA) is 93.4 Å². The van der Waals surface area contributed by atoms with Crippen molar-refractivity contribution in [1.29, 1.82) is 0 Å². The lowest BCUT2D eigenvalue weighted by molar-refractivity contribution is -0.128. The fourth-order valence-corrected chi connectivity index (χ4v) is 4.27. The third-order valence-electron chi connectivity index (χ3n) is 6.11. The van der Waals surface area contributed by atoms with E-state index in [0.29, 0.717) is 13.0 Å². The monoisotopic (exact) mass is 448 g/mol. The molecule has 33 heavy (non-hydrogen) atoms. The zero-order valence-electron chi connectivity index (χ0n) is 19.3. The number of amides is 2. The van der Waals surface area contributed by atoms with E-state index in [0.717, 1.165) is 60.4 Å². The fourth-order valence-electron chi connectivity index (χ4n) is 4.27. The number of likely N-dealkylation sites (N-methyl/N-ethyl adjacent to an activating group) is 1. The Labute approximate surface area is 194 Å². The molecule has 0 radical (unpaired) electrons. The van der Waals surface area contributed by atoms with Gasteiger partial charge in [-0.25, -0.2) is 4.98 Å². The van der Waals surface area contributed by atoms with Gasteiger partial charge in [-0.2, -0.15) is 0 Å². The van der Waals surface area contributed by atoms with Crippen LogP contribution >= 0.6 is 0 Å². The van der Waals surface area contributed by atoms with Gasteiger partial charge >= 0.3 is 0 Å². The first kappa shape index (κ1) is 22.8. The molecule has 1 aromatic carbocycles. The van der Waals surface area contributed by atoms with Gasteiger partial charge in [0.05, 0.1) is 0 Å². The van der Waals surface area contributed by atoms with Gasteiger partial charge in [0.15, 0.2) is 0 Å². The number of hydrogen-bond acceptors (Lipinski definition) is 5. The number of H-pyrrole nitrogens is 1. The Morgan fingerprint density at radius 3 is 2.76 bits per heavy atom. The first-order valence-electron chi connectivity index (χ1n) is 11.5. The van der Waals surface area contributed by atoms with Crippen molar-refractivity contribution in [2.24, 2.45) is 0 Å². The second kappa shape index (κ2) is 10.5. The highest BCUT2D eigenvalue weighted by Gasteiger charge is 2.21. The molecular weight excluding hydrogens is 416 g/mol. The molecule has 4 rings (SSSR count). The van der Waals surface area contributed by atoms with Crippen molar-refractivity contribution in [2.75, 3.05) is 38.1 Å². The lowest BCUT2D eigenvalue weighted by atomic mass is 10.0. The van der Waals surface area contributed by atoms with Gasteiger partial charge in [0, 0.05) is 62.8 Å². The van der Waals surface area contributed by atoms with E-state index >= 15 is 0 Å².